The highest BCUT2D eigenvalue weighted by Crippen LogP contribution is 2.07. The molecule has 0 saturated carbocycles. The number of hydrogen-bond acceptors (Lipinski definition) is 3. The first-order valence-electron chi connectivity index (χ1n) is 4.29. The summed E-state index contributed by atoms with van der Waals surface area (Å²) >= 11 is 0. The minimum absolute atomic E-state index is 0.603. The standard InChI is InChI=1S/C9H15N3/c1-8(4-5-10)7-9-3-2-6-11-12-9/h2-3,6,8H,4-5,7,10H2,1H3. The van der Waals surface area contributed by atoms with Gasteiger partial charge >= 0.3 is 0 Å². The van der Waals surface area contributed by atoms with E-state index >= 15 is 0 Å². The van der Waals surface area contributed by atoms with Crippen LogP contribution in [0.1, 0.15) is 19.0 Å². The van der Waals surface area contributed by atoms with Gasteiger partial charge in [-0.3, -0.25) is 0 Å². The molecule has 0 aliphatic heterocycles. The summed E-state index contributed by atoms with van der Waals surface area (Å²) in [5.74, 6) is 0.603. The van der Waals surface area contributed by atoms with Crippen LogP contribution in [0.4, 0.5) is 0 Å². The van der Waals surface area contributed by atoms with Crippen LogP contribution in [0.15, 0.2) is 18.3 Å². The molecule has 0 bridgehead atoms. The van der Waals surface area contributed by atoms with E-state index in [-0.39, 0.29) is 0 Å². The van der Waals surface area contributed by atoms with Gasteiger partial charge in [-0.05, 0) is 37.4 Å². The first kappa shape index (κ1) is 9.13. The molecule has 1 aromatic rings. The Morgan fingerprint density at radius 3 is 3.00 bits per heavy atom. The van der Waals surface area contributed by atoms with Crippen LogP contribution in [-0.4, -0.2) is 16.7 Å². The molecule has 1 atom stereocenters. The highest BCUT2D eigenvalue weighted by atomic mass is 15.1. The lowest BCUT2D eigenvalue weighted by Gasteiger charge is -2.07. The average Bonchev–Trinajstić information content (AvgIpc) is 2.06. The molecule has 66 valence electrons. The molecule has 0 aliphatic carbocycles. The van der Waals surface area contributed by atoms with Gasteiger partial charge < -0.3 is 5.73 Å². The summed E-state index contributed by atoms with van der Waals surface area (Å²) in [6, 6.07) is 3.91. The van der Waals surface area contributed by atoms with Gasteiger partial charge in [0.05, 0.1) is 5.69 Å². The van der Waals surface area contributed by atoms with E-state index in [9.17, 15) is 0 Å². The van der Waals surface area contributed by atoms with Gasteiger partial charge in [-0.15, -0.1) is 0 Å². The summed E-state index contributed by atoms with van der Waals surface area (Å²) in [6.45, 7) is 2.93. The summed E-state index contributed by atoms with van der Waals surface area (Å²) in [5, 5.41) is 7.83. The second-order valence-corrected chi connectivity index (χ2v) is 3.10. The minimum Gasteiger partial charge on any atom is -0.330 e. The molecule has 0 amide bonds. The van der Waals surface area contributed by atoms with Crippen molar-refractivity contribution in [3.63, 3.8) is 0 Å². The van der Waals surface area contributed by atoms with Gasteiger partial charge in [0.2, 0.25) is 0 Å². The molecule has 1 unspecified atom stereocenters. The molecule has 2 N–H and O–H groups in total. The molecule has 1 rings (SSSR count). The van der Waals surface area contributed by atoms with Crippen LogP contribution in [0.2, 0.25) is 0 Å². The molecular weight excluding hydrogens is 150 g/mol. The van der Waals surface area contributed by atoms with Crippen molar-refractivity contribution >= 4 is 0 Å². The summed E-state index contributed by atoms with van der Waals surface area (Å²) in [6.07, 6.45) is 3.72. The Kier molecular flexibility index (Phi) is 3.67. The number of aromatic nitrogens is 2. The fourth-order valence-electron chi connectivity index (χ4n) is 1.19. The van der Waals surface area contributed by atoms with Gasteiger partial charge in [-0.1, -0.05) is 6.92 Å². The van der Waals surface area contributed by atoms with Crippen LogP contribution in [0.3, 0.4) is 0 Å². The molecule has 12 heavy (non-hydrogen) atoms. The Morgan fingerprint density at radius 1 is 1.58 bits per heavy atom. The third kappa shape index (κ3) is 2.96. The molecule has 0 aliphatic rings. The lowest BCUT2D eigenvalue weighted by Crippen LogP contribution is -2.09. The maximum Gasteiger partial charge on any atom is 0.0633 e. The van der Waals surface area contributed by atoms with Crippen LogP contribution in [0.25, 0.3) is 0 Å². The van der Waals surface area contributed by atoms with Gasteiger partial charge in [-0.2, -0.15) is 10.2 Å². The van der Waals surface area contributed by atoms with Gasteiger partial charge in [0, 0.05) is 6.20 Å². The van der Waals surface area contributed by atoms with Gasteiger partial charge in [0.1, 0.15) is 0 Å². The maximum atomic E-state index is 5.45. The highest BCUT2D eigenvalue weighted by Gasteiger charge is 2.02. The van der Waals surface area contributed by atoms with E-state index in [1.807, 2.05) is 12.1 Å². The van der Waals surface area contributed by atoms with Crippen molar-refractivity contribution in [2.75, 3.05) is 6.54 Å². The van der Waals surface area contributed by atoms with Gasteiger partial charge in [0.25, 0.3) is 0 Å². The van der Waals surface area contributed by atoms with Crippen molar-refractivity contribution in [2.45, 2.75) is 19.8 Å². The average molecular weight is 165 g/mol. The van der Waals surface area contributed by atoms with Gasteiger partial charge in [-0.25, -0.2) is 0 Å². The Labute approximate surface area is 73.0 Å². The number of rotatable bonds is 4. The molecule has 3 heteroatoms. The van der Waals surface area contributed by atoms with Crippen LogP contribution < -0.4 is 5.73 Å². The topological polar surface area (TPSA) is 51.8 Å². The molecule has 0 radical (unpaired) electrons. The first-order valence-corrected chi connectivity index (χ1v) is 4.29. The van der Waals surface area contributed by atoms with Crippen LogP contribution in [-0.2, 0) is 6.42 Å². The van der Waals surface area contributed by atoms with Gasteiger partial charge in [0.15, 0.2) is 0 Å². The van der Waals surface area contributed by atoms with Crippen molar-refractivity contribution in [1.82, 2.24) is 10.2 Å². The van der Waals surface area contributed by atoms with Crippen molar-refractivity contribution in [1.29, 1.82) is 0 Å². The molecule has 3 nitrogen and oxygen atoms in total. The summed E-state index contributed by atoms with van der Waals surface area (Å²) in [7, 11) is 0. The van der Waals surface area contributed by atoms with Crippen LogP contribution in [0.5, 0.6) is 0 Å². The minimum atomic E-state index is 0.603. The zero-order chi connectivity index (χ0) is 8.81. The third-order valence-corrected chi connectivity index (χ3v) is 1.84. The number of nitrogens with two attached hydrogens (primary N) is 1. The quantitative estimate of drug-likeness (QED) is 0.724. The molecular formula is C9H15N3. The lowest BCUT2D eigenvalue weighted by molar-refractivity contribution is 0.529. The lowest BCUT2D eigenvalue weighted by atomic mass is 10.0. The summed E-state index contributed by atoms with van der Waals surface area (Å²) in [5.41, 5.74) is 6.50. The third-order valence-electron chi connectivity index (χ3n) is 1.84. The molecule has 1 heterocycles. The Balaban J connectivity index is 2.41. The van der Waals surface area contributed by atoms with E-state index in [0.29, 0.717) is 5.92 Å². The summed E-state index contributed by atoms with van der Waals surface area (Å²) < 4.78 is 0. The first-order chi connectivity index (χ1) is 5.83. The monoisotopic (exact) mass is 165 g/mol. The molecule has 0 saturated heterocycles. The molecule has 1 aromatic heterocycles. The van der Waals surface area contributed by atoms with E-state index in [0.717, 1.165) is 25.1 Å². The smallest absolute Gasteiger partial charge is 0.0633 e. The van der Waals surface area contributed by atoms with Crippen molar-refractivity contribution in [3.05, 3.63) is 24.0 Å². The highest BCUT2D eigenvalue weighted by molar-refractivity contribution is 4.99. The Hall–Kier alpha value is -0.960. The molecule has 0 spiro atoms. The Morgan fingerprint density at radius 2 is 2.42 bits per heavy atom. The largest absolute Gasteiger partial charge is 0.330 e. The van der Waals surface area contributed by atoms with E-state index in [4.69, 9.17) is 5.73 Å². The predicted octanol–water partition coefficient (Wildman–Crippen LogP) is 1.00. The zero-order valence-electron chi connectivity index (χ0n) is 7.40. The Bertz CT molecular complexity index is 210. The fourth-order valence-corrected chi connectivity index (χ4v) is 1.19. The molecule has 0 fully saturated rings. The van der Waals surface area contributed by atoms with E-state index in [1.165, 1.54) is 0 Å². The van der Waals surface area contributed by atoms with E-state index < -0.39 is 0 Å². The number of nitrogens with zero attached hydrogens (tertiary/aromatic N) is 2. The van der Waals surface area contributed by atoms with Crippen LogP contribution >= 0.6 is 0 Å². The SMILES string of the molecule is CC(CCN)Cc1cccnn1. The second kappa shape index (κ2) is 4.83. The summed E-state index contributed by atoms with van der Waals surface area (Å²) in [4.78, 5) is 0. The molecule has 0 aromatic carbocycles. The normalized spacial score (nSPS) is 12.8. The van der Waals surface area contributed by atoms with Crippen molar-refractivity contribution < 1.29 is 0 Å². The number of hydrogen-bond donors (Lipinski definition) is 1. The van der Waals surface area contributed by atoms with E-state index in [2.05, 4.69) is 17.1 Å². The fraction of sp³-hybridized carbons (Fsp3) is 0.556. The maximum absolute atomic E-state index is 5.45. The second-order valence-electron chi connectivity index (χ2n) is 3.10. The van der Waals surface area contributed by atoms with E-state index in [1.54, 1.807) is 6.20 Å². The van der Waals surface area contributed by atoms with Crippen molar-refractivity contribution in [2.24, 2.45) is 11.7 Å². The predicted molar refractivity (Wildman–Crippen MR) is 48.6 cm³/mol. The van der Waals surface area contributed by atoms with Crippen LogP contribution in [0, 0.1) is 5.92 Å². The van der Waals surface area contributed by atoms with Crippen molar-refractivity contribution in [3.8, 4) is 0 Å². The zero-order valence-corrected chi connectivity index (χ0v) is 7.40.